The maximum atomic E-state index is 12.9. The Morgan fingerprint density at radius 2 is 1.46 bits per heavy atom. The second-order valence-electron chi connectivity index (χ2n) is 17.0. The number of aliphatic carboxylic acids is 1. The summed E-state index contributed by atoms with van der Waals surface area (Å²) in [5.41, 5.74) is 1.25. The number of carbonyl (C=O) groups excluding carboxylic acids is 1. The van der Waals surface area contributed by atoms with Gasteiger partial charge in [0.1, 0.15) is 6.10 Å². The standard InChI is InChI=1S/C35H54O4/c1-30(2)17-19-35(29(37)38)20-18-33(6)23(24(35)21-30)11-12-26-32(5)15-14-27(39-28(36)22-9-8-10-22)31(3,4)25(32)13-16-34(26,33)7/h21-23,25-27H,8-20H2,1-7H3,(H,37,38)/t23-,25+,26-,27+,32+,33-,34-,35+/m1/s1. The first-order chi connectivity index (χ1) is 18.1. The lowest BCUT2D eigenvalue weighted by Crippen LogP contribution is -2.66. The Hall–Kier alpha value is -1.32. The number of rotatable bonds is 3. The van der Waals surface area contributed by atoms with Gasteiger partial charge in [0, 0.05) is 5.41 Å². The molecule has 0 unspecified atom stereocenters. The molecule has 0 bridgehead atoms. The Morgan fingerprint density at radius 1 is 0.769 bits per heavy atom. The molecular formula is C35H54O4. The molecule has 4 nitrogen and oxygen atoms in total. The molecule has 8 atom stereocenters. The molecule has 0 aromatic rings. The number of esters is 1. The molecule has 0 aromatic carbocycles. The zero-order valence-electron chi connectivity index (χ0n) is 25.8. The third kappa shape index (κ3) is 3.67. The van der Waals surface area contributed by atoms with E-state index in [1.807, 2.05) is 0 Å². The van der Waals surface area contributed by atoms with Crippen molar-refractivity contribution in [2.75, 3.05) is 0 Å². The molecule has 0 amide bonds. The first-order valence-electron chi connectivity index (χ1n) is 16.3. The number of carbonyl (C=O) groups is 2. The minimum Gasteiger partial charge on any atom is -0.481 e. The zero-order valence-corrected chi connectivity index (χ0v) is 25.8. The van der Waals surface area contributed by atoms with E-state index in [1.54, 1.807) is 0 Å². The molecule has 6 aliphatic rings. The number of fused-ring (bicyclic) bond motifs is 7. The van der Waals surface area contributed by atoms with Gasteiger partial charge in [0.25, 0.3) is 0 Å². The van der Waals surface area contributed by atoms with E-state index >= 15 is 0 Å². The van der Waals surface area contributed by atoms with Crippen molar-refractivity contribution in [3.05, 3.63) is 11.6 Å². The number of allylic oxidation sites excluding steroid dienone is 1. The van der Waals surface area contributed by atoms with E-state index in [1.165, 1.54) is 24.8 Å². The summed E-state index contributed by atoms with van der Waals surface area (Å²) in [6.45, 7) is 17.1. The number of hydrogen-bond donors (Lipinski definition) is 1. The fourth-order valence-electron chi connectivity index (χ4n) is 11.8. The van der Waals surface area contributed by atoms with Crippen LogP contribution in [0.1, 0.15) is 132 Å². The van der Waals surface area contributed by atoms with Crippen molar-refractivity contribution in [1.29, 1.82) is 0 Å². The molecule has 4 heteroatoms. The molecular weight excluding hydrogens is 484 g/mol. The van der Waals surface area contributed by atoms with Crippen LogP contribution in [0.15, 0.2) is 11.6 Å². The highest BCUT2D eigenvalue weighted by Gasteiger charge is 2.70. The van der Waals surface area contributed by atoms with E-state index in [0.29, 0.717) is 17.8 Å². The van der Waals surface area contributed by atoms with Crippen molar-refractivity contribution >= 4 is 11.9 Å². The van der Waals surface area contributed by atoms with Crippen molar-refractivity contribution in [3.63, 3.8) is 0 Å². The summed E-state index contributed by atoms with van der Waals surface area (Å²) in [6.07, 6.45) is 16.0. The average Bonchev–Trinajstić information content (AvgIpc) is 2.79. The van der Waals surface area contributed by atoms with Crippen molar-refractivity contribution < 1.29 is 19.4 Å². The number of carboxylic acid groups (broad SMARTS) is 1. The van der Waals surface area contributed by atoms with E-state index in [9.17, 15) is 14.7 Å². The van der Waals surface area contributed by atoms with Crippen LogP contribution < -0.4 is 0 Å². The topological polar surface area (TPSA) is 63.6 Å². The maximum absolute atomic E-state index is 12.9. The molecule has 5 fully saturated rings. The van der Waals surface area contributed by atoms with Crippen LogP contribution in [0.5, 0.6) is 0 Å². The summed E-state index contributed by atoms with van der Waals surface area (Å²) < 4.78 is 6.28. The van der Waals surface area contributed by atoms with Crippen LogP contribution in [-0.4, -0.2) is 23.1 Å². The Bertz CT molecular complexity index is 1080. The molecule has 0 spiro atoms. The smallest absolute Gasteiger partial charge is 0.313 e. The van der Waals surface area contributed by atoms with Gasteiger partial charge in [-0.3, -0.25) is 9.59 Å². The van der Waals surface area contributed by atoms with Gasteiger partial charge in [-0.25, -0.2) is 0 Å². The fraction of sp³-hybridized carbons (Fsp3) is 0.886. The lowest BCUT2D eigenvalue weighted by atomic mass is 9.32. The maximum Gasteiger partial charge on any atom is 0.313 e. The number of hydrogen-bond acceptors (Lipinski definition) is 3. The Kier molecular flexibility index (Phi) is 6.14. The summed E-state index contributed by atoms with van der Waals surface area (Å²) in [5.74, 6) is 1.17. The van der Waals surface area contributed by atoms with Crippen LogP contribution >= 0.6 is 0 Å². The quantitative estimate of drug-likeness (QED) is 0.289. The van der Waals surface area contributed by atoms with Gasteiger partial charge in [-0.1, -0.05) is 66.5 Å². The zero-order chi connectivity index (χ0) is 28.2. The summed E-state index contributed by atoms with van der Waals surface area (Å²) >= 11 is 0. The molecule has 39 heavy (non-hydrogen) atoms. The number of ether oxygens (including phenoxy) is 1. The summed E-state index contributed by atoms with van der Waals surface area (Å²) in [4.78, 5) is 25.7. The van der Waals surface area contributed by atoms with Gasteiger partial charge >= 0.3 is 11.9 Å². The molecule has 5 saturated carbocycles. The van der Waals surface area contributed by atoms with Crippen LogP contribution in [-0.2, 0) is 14.3 Å². The number of carboxylic acids is 1. The minimum atomic E-state index is -0.644. The van der Waals surface area contributed by atoms with Gasteiger partial charge < -0.3 is 9.84 Å². The predicted molar refractivity (Wildman–Crippen MR) is 154 cm³/mol. The first kappa shape index (κ1) is 27.8. The highest BCUT2D eigenvalue weighted by molar-refractivity contribution is 5.80. The molecule has 0 radical (unpaired) electrons. The van der Waals surface area contributed by atoms with Crippen molar-refractivity contribution in [3.8, 4) is 0 Å². The summed E-state index contributed by atoms with van der Waals surface area (Å²) in [5, 5.41) is 10.6. The van der Waals surface area contributed by atoms with Crippen LogP contribution in [0.2, 0.25) is 0 Å². The average molecular weight is 539 g/mol. The van der Waals surface area contributed by atoms with E-state index in [2.05, 4.69) is 54.5 Å². The molecule has 6 rings (SSSR count). The van der Waals surface area contributed by atoms with Crippen LogP contribution in [0.4, 0.5) is 0 Å². The second-order valence-corrected chi connectivity index (χ2v) is 17.0. The molecule has 6 aliphatic carbocycles. The van der Waals surface area contributed by atoms with Crippen LogP contribution in [0.25, 0.3) is 0 Å². The summed E-state index contributed by atoms with van der Waals surface area (Å²) in [6, 6.07) is 0. The molecule has 1 N–H and O–H groups in total. The molecule has 0 aliphatic heterocycles. The molecule has 0 saturated heterocycles. The molecule has 218 valence electrons. The SMILES string of the molecule is CC1(C)C=C2[C@H]3CC[C@@H]4[C@@]5(C)CC[C@H](OC(=O)C6CCC6)C(C)(C)[C@@H]5CC[C@@]4(C)[C@]3(C)CC[C@@]2(C(=O)O)CC1. The summed E-state index contributed by atoms with van der Waals surface area (Å²) in [7, 11) is 0. The van der Waals surface area contributed by atoms with Crippen LogP contribution in [0, 0.1) is 56.2 Å². The van der Waals surface area contributed by atoms with Crippen molar-refractivity contribution in [2.45, 2.75) is 138 Å². The Labute approximate surface area is 237 Å². The minimum absolute atomic E-state index is 0.0214. The predicted octanol–water partition coefficient (Wildman–Crippen LogP) is 8.58. The largest absolute Gasteiger partial charge is 0.481 e. The molecule has 0 aromatic heterocycles. The molecule has 0 heterocycles. The van der Waals surface area contributed by atoms with E-state index in [4.69, 9.17) is 4.74 Å². The lowest BCUT2D eigenvalue weighted by Gasteiger charge is -2.72. The van der Waals surface area contributed by atoms with Gasteiger partial charge in [0.2, 0.25) is 0 Å². The fourth-order valence-corrected chi connectivity index (χ4v) is 11.8. The van der Waals surface area contributed by atoms with E-state index in [0.717, 1.165) is 64.2 Å². The van der Waals surface area contributed by atoms with E-state index in [-0.39, 0.29) is 45.1 Å². The normalized spacial score (nSPS) is 48.2. The van der Waals surface area contributed by atoms with Gasteiger partial charge in [-0.15, -0.1) is 0 Å². The van der Waals surface area contributed by atoms with Crippen molar-refractivity contribution in [2.24, 2.45) is 56.2 Å². The highest BCUT2D eigenvalue weighted by Crippen LogP contribution is 2.76. The third-order valence-corrected chi connectivity index (χ3v) is 14.7. The van der Waals surface area contributed by atoms with E-state index < -0.39 is 11.4 Å². The van der Waals surface area contributed by atoms with Gasteiger partial charge in [0.05, 0.1) is 11.3 Å². The van der Waals surface area contributed by atoms with Gasteiger partial charge in [-0.2, -0.15) is 0 Å². The van der Waals surface area contributed by atoms with Crippen LogP contribution in [0.3, 0.4) is 0 Å². The lowest BCUT2D eigenvalue weighted by molar-refractivity contribution is -0.235. The Balaban J connectivity index is 1.32. The second kappa shape index (κ2) is 8.60. The highest BCUT2D eigenvalue weighted by atomic mass is 16.5. The first-order valence-corrected chi connectivity index (χ1v) is 16.3. The third-order valence-electron chi connectivity index (χ3n) is 14.7. The monoisotopic (exact) mass is 538 g/mol. The Morgan fingerprint density at radius 3 is 2.10 bits per heavy atom. The van der Waals surface area contributed by atoms with Gasteiger partial charge in [-0.05, 0) is 116 Å². The van der Waals surface area contributed by atoms with Crippen molar-refractivity contribution in [1.82, 2.24) is 0 Å². The van der Waals surface area contributed by atoms with Gasteiger partial charge in [0.15, 0.2) is 0 Å².